The Labute approximate surface area is 263 Å². The van der Waals surface area contributed by atoms with Crippen molar-refractivity contribution >= 4 is 17.9 Å². The highest BCUT2D eigenvalue weighted by Gasteiger charge is 2.34. The smallest absolute Gasteiger partial charge is 0.247 e. The molecular weight excluding hydrogens is 560 g/mol. The minimum atomic E-state index is -0.707. The molecular formula is C37H36N6O2. The first-order valence-corrected chi connectivity index (χ1v) is 15.2. The van der Waals surface area contributed by atoms with Crippen LogP contribution in [0.15, 0.2) is 110 Å². The molecule has 0 bridgehead atoms. The zero-order valence-electron chi connectivity index (χ0n) is 25.6. The van der Waals surface area contributed by atoms with Crippen LogP contribution in [0.5, 0.6) is 0 Å². The molecule has 8 nitrogen and oxygen atoms in total. The lowest BCUT2D eigenvalue weighted by atomic mass is 9.97. The van der Waals surface area contributed by atoms with Gasteiger partial charge in [0.05, 0.1) is 6.20 Å². The molecule has 0 N–H and O–H groups in total. The van der Waals surface area contributed by atoms with E-state index in [0.29, 0.717) is 25.3 Å². The van der Waals surface area contributed by atoms with E-state index in [2.05, 4.69) is 27.2 Å². The molecule has 0 radical (unpaired) electrons. The summed E-state index contributed by atoms with van der Waals surface area (Å²) in [6.45, 7) is 3.36. The number of hydrogen-bond acceptors (Lipinski definition) is 5. The second kappa shape index (κ2) is 13.5. The van der Waals surface area contributed by atoms with Gasteiger partial charge in [-0.3, -0.25) is 14.3 Å². The summed E-state index contributed by atoms with van der Waals surface area (Å²) in [4.78, 5) is 41.0. The fourth-order valence-electron chi connectivity index (χ4n) is 5.74. The molecule has 3 heterocycles. The first-order chi connectivity index (χ1) is 22.0. The predicted molar refractivity (Wildman–Crippen MR) is 174 cm³/mol. The first-order valence-electron chi connectivity index (χ1n) is 15.2. The fraction of sp³-hybridized carbons (Fsp3) is 0.216. The Kier molecular flexibility index (Phi) is 8.91. The molecule has 0 aliphatic carbocycles. The van der Waals surface area contributed by atoms with Crippen LogP contribution in [-0.2, 0) is 42.6 Å². The second-order valence-corrected chi connectivity index (χ2v) is 11.4. The third kappa shape index (κ3) is 6.91. The van der Waals surface area contributed by atoms with E-state index in [-0.39, 0.29) is 18.4 Å². The number of hydrogen-bond donors (Lipinski definition) is 0. The van der Waals surface area contributed by atoms with Gasteiger partial charge in [0.1, 0.15) is 6.04 Å². The normalized spacial score (nSPS) is 13.4. The molecule has 0 saturated heterocycles. The standard InChI is InChI=1S/C37H36N6O2/c1-27-32(24-40-41(27)2)17-18-35(44)43(25-29-13-15-31(16-14-29)36-38-20-8-21-39-36)34(23-28-9-4-3-5-10-28)37(45)42-22-19-30-11-6-7-12-33(30)26-42/h3-18,20-21,24,34H,19,22-23,25-26H2,1-2H3/b18-17+/t34-/m0/s1. The lowest BCUT2D eigenvalue weighted by Gasteiger charge is -2.37. The van der Waals surface area contributed by atoms with Gasteiger partial charge in [-0.1, -0.05) is 78.9 Å². The van der Waals surface area contributed by atoms with Crippen molar-refractivity contribution in [2.75, 3.05) is 6.54 Å². The zero-order chi connectivity index (χ0) is 31.2. The van der Waals surface area contributed by atoms with E-state index >= 15 is 0 Å². The zero-order valence-corrected chi connectivity index (χ0v) is 25.6. The van der Waals surface area contributed by atoms with Crippen molar-refractivity contribution in [2.24, 2.45) is 7.05 Å². The van der Waals surface area contributed by atoms with Crippen LogP contribution in [0.3, 0.4) is 0 Å². The van der Waals surface area contributed by atoms with Crippen molar-refractivity contribution in [1.82, 2.24) is 29.5 Å². The van der Waals surface area contributed by atoms with Crippen molar-refractivity contribution in [3.8, 4) is 11.4 Å². The highest BCUT2D eigenvalue weighted by molar-refractivity contribution is 5.96. The lowest BCUT2D eigenvalue weighted by molar-refractivity contribution is -0.144. The van der Waals surface area contributed by atoms with Crippen molar-refractivity contribution in [1.29, 1.82) is 0 Å². The summed E-state index contributed by atoms with van der Waals surface area (Å²) >= 11 is 0. The van der Waals surface area contributed by atoms with Crippen LogP contribution in [0.1, 0.15) is 33.5 Å². The van der Waals surface area contributed by atoms with Crippen LogP contribution < -0.4 is 0 Å². The quantitative estimate of drug-likeness (QED) is 0.212. The largest absolute Gasteiger partial charge is 0.336 e. The number of nitrogens with zero attached hydrogens (tertiary/aromatic N) is 6. The minimum Gasteiger partial charge on any atom is -0.336 e. The van der Waals surface area contributed by atoms with Gasteiger partial charge in [-0.2, -0.15) is 5.10 Å². The van der Waals surface area contributed by atoms with E-state index in [0.717, 1.165) is 39.9 Å². The van der Waals surface area contributed by atoms with E-state index in [9.17, 15) is 9.59 Å². The van der Waals surface area contributed by atoms with Crippen LogP contribution in [0.4, 0.5) is 0 Å². The number of aryl methyl sites for hydroxylation is 1. The number of benzene rings is 3. The van der Waals surface area contributed by atoms with Gasteiger partial charge >= 0.3 is 0 Å². The Morgan fingerprint density at radius 3 is 2.31 bits per heavy atom. The Balaban J connectivity index is 1.35. The van der Waals surface area contributed by atoms with Gasteiger partial charge in [-0.15, -0.1) is 0 Å². The van der Waals surface area contributed by atoms with E-state index in [4.69, 9.17) is 0 Å². The van der Waals surface area contributed by atoms with Gasteiger partial charge in [0.15, 0.2) is 5.82 Å². The van der Waals surface area contributed by atoms with Crippen LogP contribution >= 0.6 is 0 Å². The monoisotopic (exact) mass is 596 g/mol. The van der Waals surface area contributed by atoms with Gasteiger partial charge in [0.2, 0.25) is 11.8 Å². The predicted octanol–water partition coefficient (Wildman–Crippen LogP) is 5.42. The first kappa shape index (κ1) is 29.7. The Morgan fingerprint density at radius 1 is 0.889 bits per heavy atom. The molecule has 6 rings (SSSR count). The molecule has 226 valence electrons. The van der Waals surface area contributed by atoms with Gasteiger partial charge in [0.25, 0.3) is 0 Å². The third-order valence-corrected chi connectivity index (χ3v) is 8.47. The van der Waals surface area contributed by atoms with Gasteiger partial charge in [-0.05, 0) is 47.7 Å². The van der Waals surface area contributed by atoms with Crippen molar-refractivity contribution < 1.29 is 9.59 Å². The lowest BCUT2D eigenvalue weighted by Crippen LogP contribution is -2.52. The highest BCUT2D eigenvalue weighted by atomic mass is 16.2. The summed E-state index contributed by atoms with van der Waals surface area (Å²) in [6.07, 6.45) is 9.71. The van der Waals surface area contributed by atoms with E-state index < -0.39 is 6.04 Å². The molecule has 2 aromatic heterocycles. The van der Waals surface area contributed by atoms with E-state index in [1.54, 1.807) is 46.4 Å². The average molecular weight is 597 g/mol. The molecule has 2 amide bonds. The molecule has 3 aromatic carbocycles. The van der Waals surface area contributed by atoms with Crippen LogP contribution in [0, 0.1) is 6.92 Å². The maximum atomic E-state index is 14.5. The molecule has 0 spiro atoms. The average Bonchev–Trinajstić information content (AvgIpc) is 3.41. The number of amides is 2. The van der Waals surface area contributed by atoms with Crippen LogP contribution in [0.2, 0.25) is 0 Å². The number of carbonyl (C=O) groups excluding carboxylic acids is 2. The van der Waals surface area contributed by atoms with Gasteiger partial charge in [0, 0.05) is 68.4 Å². The molecule has 0 saturated carbocycles. The van der Waals surface area contributed by atoms with Crippen molar-refractivity contribution in [3.05, 3.63) is 143 Å². The summed E-state index contributed by atoms with van der Waals surface area (Å²) in [7, 11) is 1.87. The number of fused-ring (bicyclic) bond motifs is 1. The topological polar surface area (TPSA) is 84.2 Å². The molecule has 1 atom stereocenters. The summed E-state index contributed by atoms with van der Waals surface area (Å²) in [5.41, 5.74) is 7.02. The number of carbonyl (C=O) groups is 2. The summed E-state index contributed by atoms with van der Waals surface area (Å²) in [5, 5.41) is 4.31. The SMILES string of the molecule is Cc1c(/C=C/C(=O)N(Cc2ccc(-c3ncccn3)cc2)[C@@H](Cc2ccccc2)C(=O)N2CCc3ccccc3C2)cnn1C. The van der Waals surface area contributed by atoms with Crippen molar-refractivity contribution in [2.45, 2.75) is 38.9 Å². The highest BCUT2D eigenvalue weighted by Crippen LogP contribution is 2.24. The number of rotatable bonds is 9. The number of aromatic nitrogens is 4. The van der Waals surface area contributed by atoms with Crippen LogP contribution in [-0.4, -0.2) is 53.9 Å². The second-order valence-electron chi connectivity index (χ2n) is 11.4. The minimum absolute atomic E-state index is 0.0537. The Hall–Kier alpha value is -5.37. The molecule has 1 aliphatic heterocycles. The summed E-state index contributed by atoms with van der Waals surface area (Å²) in [5.74, 6) is 0.344. The molecule has 5 aromatic rings. The van der Waals surface area contributed by atoms with Gasteiger partial charge in [-0.25, -0.2) is 9.97 Å². The molecule has 0 fully saturated rings. The fourth-order valence-corrected chi connectivity index (χ4v) is 5.74. The molecule has 1 aliphatic rings. The third-order valence-electron chi connectivity index (χ3n) is 8.47. The van der Waals surface area contributed by atoms with Crippen molar-refractivity contribution in [3.63, 3.8) is 0 Å². The molecule has 45 heavy (non-hydrogen) atoms. The summed E-state index contributed by atoms with van der Waals surface area (Å²) < 4.78 is 1.77. The summed E-state index contributed by atoms with van der Waals surface area (Å²) in [6, 6.07) is 27.1. The Morgan fingerprint density at radius 2 is 1.60 bits per heavy atom. The molecule has 0 unspecified atom stereocenters. The maximum Gasteiger partial charge on any atom is 0.247 e. The Bertz CT molecular complexity index is 1800. The van der Waals surface area contributed by atoms with E-state index in [1.165, 1.54) is 5.56 Å². The van der Waals surface area contributed by atoms with Gasteiger partial charge < -0.3 is 9.80 Å². The van der Waals surface area contributed by atoms with E-state index in [1.807, 2.05) is 85.6 Å². The maximum absolute atomic E-state index is 14.5. The van der Waals surface area contributed by atoms with Crippen LogP contribution in [0.25, 0.3) is 17.5 Å². The molecule has 8 heteroatoms.